The first-order chi connectivity index (χ1) is 12.1. The predicted molar refractivity (Wildman–Crippen MR) is 106 cm³/mol. The maximum atomic E-state index is 13.1. The molecule has 3 fully saturated rings. The van der Waals surface area contributed by atoms with E-state index in [1.54, 1.807) is 0 Å². The molecule has 1 amide bonds. The lowest BCUT2D eigenvalue weighted by atomic mass is 9.67. The van der Waals surface area contributed by atoms with Crippen LogP contribution in [0.4, 0.5) is 0 Å². The highest BCUT2D eigenvalue weighted by Crippen LogP contribution is 2.40. The third-order valence-corrected chi connectivity index (χ3v) is 6.77. The number of nitrogens with one attached hydrogen (secondary N) is 1. The summed E-state index contributed by atoms with van der Waals surface area (Å²) >= 11 is 0. The normalized spacial score (nSPS) is 31.9. The van der Waals surface area contributed by atoms with Crippen LogP contribution >= 0.6 is 12.4 Å². The van der Waals surface area contributed by atoms with Gasteiger partial charge in [-0.05, 0) is 50.4 Å². The van der Waals surface area contributed by atoms with Gasteiger partial charge in [0.25, 0.3) is 5.91 Å². The predicted octanol–water partition coefficient (Wildman–Crippen LogP) is 3.53. The first kappa shape index (κ1) is 19.7. The number of halogens is 1. The van der Waals surface area contributed by atoms with Crippen molar-refractivity contribution in [1.82, 2.24) is 15.1 Å². The van der Waals surface area contributed by atoms with E-state index in [1.807, 2.05) is 17.9 Å². The van der Waals surface area contributed by atoms with Crippen LogP contribution < -0.4 is 11.1 Å². The Bertz CT molecular complexity index is 611. The van der Waals surface area contributed by atoms with E-state index >= 15 is 0 Å². The number of hydrogen-bond acceptors (Lipinski definition) is 3. The quantitative estimate of drug-likeness (QED) is 0.842. The van der Waals surface area contributed by atoms with Crippen LogP contribution in [-0.4, -0.2) is 27.8 Å². The average Bonchev–Trinajstić information content (AvgIpc) is 2.98. The molecule has 3 aliphatic rings. The number of aryl methyl sites for hydroxylation is 1. The van der Waals surface area contributed by atoms with Gasteiger partial charge in [-0.2, -0.15) is 5.10 Å². The Morgan fingerprint density at radius 2 is 1.77 bits per heavy atom. The van der Waals surface area contributed by atoms with E-state index in [0.29, 0.717) is 29.8 Å². The first-order valence-electron chi connectivity index (χ1n) is 10.2. The molecule has 0 aromatic carbocycles. The Morgan fingerprint density at radius 1 is 1.12 bits per heavy atom. The maximum absolute atomic E-state index is 13.1. The molecule has 26 heavy (non-hydrogen) atoms. The Labute approximate surface area is 162 Å². The van der Waals surface area contributed by atoms with Crippen molar-refractivity contribution < 1.29 is 4.79 Å². The molecule has 2 atom stereocenters. The summed E-state index contributed by atoms with van der Waals surface area (Å²) < 4.78 is 1.82. The monoisotopic (exact) mass is 380 g/mol. The summed E-state index contributed by atoms with van der Waals surface area (Å²) in [5, 5.41) is 8.07. The van der Waals surface area contributed by atoms with Crippen molar-refractivity contribution in [2.45, 2.75) is 82.2 Å². The zero-order valence-corrected chi connectivity index (χ0v) is 16.6. The van der Waals surface area contributed by atoms with E-state index in [4.69, 9.17) is 5.73 Å². The van der Waals surface area contributed by atoms with E-state index in [2.05, 4.69) is 10.4 Å². The minimum Gasteiger partial charge on any atom is -0.349 e. The van der Waals surface area contributed by atoms with Crippen LogP contribution in [-0.2, 0) is 7.05 Å². The Hall–Kier alpha value is -1.07. The van der Waals surface area contributed by atoms with Gasteiger partial charge in [0, 0.05) is 31.2 Å². The molecular formula is C20H33ClN4O. The smallest absolute Gasteiger partial charge is 0.255 e. The van der Waals surface area contributed by atoms with Gasteiger partial charge in [0.05, 0.1) is 11.3 Å². The number of hydrogen-bond donors (Lipinski definition) is 2. The SMILES string of the molecule is Cl.Cn1cc(C(=O)NC2C3CCCC2CC(N)C3)c(C2CCCCC2)n1. The lowest BCUT2D eigenvalue weighted by Gasteiger charge is -2.45. The van der Waals surface area contributed by atoms with Crippen molar-refractivity contribution in [3.05, 3.63) is 17.5 Å². The zero-order chi connectivity index (χ0) is 17.4. The molecule has 4 rings (SSSR count). The Kier molecular flexibility index (Phi) is 6.29. The van der Waals surface area contributed by atoms with E-state index in [-0.39, 0.29) is 18.3 Å². The second kappa shape index (κ2) is 8.30. The summed E-state index contributed by atoms with van der Waals surface area (Å²) in [6, 6.07) is 0.625. The molecule has 6 heteroatoms. The molecule has 0 saturated heterocycles. The highest BCUT2D eigenvalue weighted by Gasteiger charge is 2.40. The highest BCUT2D eigenvalue weighted by molar-refractivity contribution is 5.95. The van der Waals surface area contributed by atoms with Crippen LogP contribution in [0.3, 0.4) is 0 Å². The van der Waals surface area contributed by atoms with Crippen LogP contribution in [0.2, 0.25) is 0 Å². The molecule has 1 aromatic heterocycles. The molecule has 3 N–H and O–H groups in total. The molecule has 5 nitrogen and oxygen atoms in total. The van der Waals surface area contributed by atoms with Crippen molar-refractivity contribution >= 4 is 18.3 Å². The summed E-state index contributed by atoms with van der Waals surface area (Å²) in [4.78, 5) is 13.1. The Balaban J connectivity index is 0.00000196. The van der Waals surface area contributed by atoms with Crippen molar-refractivity contribution in [3.8, 4) is 0 Å². The van der Waals surface area contributed by atoms with Crippen LogP contribution in [0.1, 0.15) is 86.2 Å². The first-order valence-corrected chi connectivity index (χ1v) is 10.2. The van der Waals surface area contributed by atoms with E-state index in [0.717, 1.165) is 24.1 Å². The van der Waals surface area contributed by atoms with Gasteiger partial charge in [-0.25, -0.2) is 0 Å². The molecule has 1 aromatic rings. The van der Waals surface area contributed by atoms with Gasteiger partial charge in [-0.3, -0.25) is 9.48 Å². The number of aromatic nitrogens is 2. The van der Waals surface area contributed by atoms with Gasteiger partial charge >= 0.3 is 0 Å². The van der Waals surface area contributed by atoms with Crippen LogP contribution in [0.15, 0.2) is 6.20 Å². The van der Waals surface area contributed by atoms with Crippen molar-refractivity contribution in [1.29, 1.82) is 0 Å². The standard InChI is InChI=1S/C20H32N4O.ClH/c1-24-12-17(19(23-24)13-6-3-2-4-7-13)20(25)22-18-14-8-5-9-15(18)11-16(21)10-14;/h12-16,18H,2-11,21H2,1H3,(H,22,25);1H. The number of rotatable bonds is 3. The average molecular weight is 381 g/mol. The second-order valence-electron chi connectivity index (χ2n) is 8.62. The highest BCUT2D eigenvalue weighted by atomic mass is 35.5. The molecule has 3 aliphatic carbocycles. The van der Waals surface area contributed by atoms with Gasteiger partial charge in [0.2, 0.25) is 0 Å². The number of carbonyl (C=O) groups is 1. The van der Waals surface area contributed by atoms with Crippen LogP contribution in [0.25, 0.3) is 0 Å². The largest absolute Gasteiger partial charge is 0.349 e. The molecular weight excluding hydrogens is 348 g/mol. The third-order valence-electron chi connectivity index (χ3n) is 6.77. The van der Waals surface area contributed by atoms with Crippen LogP contribution in [0.5, 0.6) is 0 Å². The molecule has 3 saturated carbocycles. The summed E-state index contributed by atoms with van der Waals surface area (Å²) in [7, 11) is 1.93. The van der Waals surface area contributed by atoms with Gasteiger partial charge in [0.15, 0.2) is 0 Å². The number of amides is 1. The minimum atomic E-state index is 0. The minimum absolute atomic E-state index is 0. The zero-order valence-electron chi connectivity index (χ0n) is 15.8. The van der Waals surface area contributed by atoms with Gasteiger partial charge < -0.3 is 11.1 Å². The van der Waals surface area contributed by atoms with Crippen LogP contribution in [0, 0.1) is 11.8 Å². The number of fused-ring (bicyclic) bond motifs is 2. The topological polar surface area (TPSA) is 72.9 Å². The summed E-state index contributed by atoms with van der Waals surface area (Å²) in [6.45, 7) is 0. The molecule has 1 heterocycles. The van der Waals surface area contributed by atoms with Gasteiger partial charge in [-0.1, -0.05) is 25.7 Å². The molecule has 2 bridgehead atoms. The molecule has 0 spiro atoms. The lowest BCUT2D eigenvalue weighted by Crippen LogP contribution is -2.53. The van der Waals surface area contributed by atoms with Crippen molar-refractivity contribution in [2.75, 3.05) is 0 Å². The number of carbonyl (C=O) groups excluding carboxylic acids is 1. The molecule has 146 valence electrons. The fourth-order valence-electron chi connectivity index (χ4n) is 5.61. The molecule has 2 unspecified atom stereocenters. The fourth-order valence-corrected chi connectivity index (χ4v) is 5.61. The van der Waals surface area contributed by atoms with E-state index < -0.39 is 0 Å². The third kappa shape index (κ3) is 3.94. The van der Waals surface area contributed by atoms with Gasteiger partial charge in [-0.15, -0.1) is 12.4 Å². The lowest BCUT2D eigenvalue weighted by molar-refractivity contribution is 0.0754. The maximum Gasteiger partial charge on any atom is 0.255 e. The number of nitrogens with two attached hydrogens (primary N) is 1. The summed E-state index contributed by atoms with van der Waals surface area (Å²) in [5.74, 6) is 1.66. The molecule has 0 aliphatic heterocycles. The molecule has 0 radical (unpaired) electrons. The fraction of sp³-hybridized carbons (Fsp3) is 0.800. The van der Waals surface area contributed by atoms with Gasteiger partial charge in [0.1, 0.15) is 0 Å². The summed E-state index contributed by atoms with van der Waals surface area (Å²) in [5.41, 5.74) is 8.06. The Morgan fingerprint density at radius 3 is 2.42 bits per heavy atom. The van der Waals surface area contributed by atoms with Crippen molar-refractivity contribution in [2.24, 2.45) is 24.6 Å². The van der Waals surface area contributed by atoms with Crippen molar-refractivity contribution in [3.63, 3.8) is 0 Å². The summed E-state index contributed by atoms with van der Waals surface area (Å²) in [6.07, 6.45) is 13.9. The number of nitrogens with zero attached hydrogens (tertiary/aromatic N) is 2. The second-order valence-corrected chi connectivity index (χ2v) is 8.62. The van der Waals surface area contributed by atoms with E-state index in [1.165, 1.54) is 51.4 Å². The van der Waals surface area contributed by atoms with E-state index in [9.17, 15) is 4.79 Å².